The Morgan fingerprint density at radius 3 is 2.56 bits per heavy atom. The molecular formula is C27H36N4O5. The second kappa shape index (κ2) is 12.6. The molecule has 2 heterocycles. The molecule has 0 aliphatic carbocycles. The first-order valence-electron chi connectivity index (χ1n) is 12.4. The fraction of sp³-hybridized carbons (Fsp3) is 0.481. The highest BCUT2D eigenvalue weighted by atomic mass is 16.5. The monoisotopic (exact) mass is 496 g/mol. The molecule has 194 valence electrons. The summed E-state index contributed by atoms with van der Waals surface area (Å²) in [6, 6.07) is 5.97. The van der Waals surface area contributed by atoms with Crippen LogP contribution in [0.3, 0.4) is 0 Å². The summed E-state index contributed by atoms with van der Waals surface area (Å²) in [6.45, 7) is 9.80. The van der Waals surface area contributed by atoms with Gasteiger partial charge in [0.05, 0.1) is 5.56 Å². The van der Waals surface area contributed by atoms with E-state index >= 15 is 0 Å². The summed E-state index contributed by atoms with van der Waals surface area (Å²) in [4.78, 5) is 20.4. The first-order chi connectivity index (χ1) is 17.2. The highest BCUT2D eigenvalue weighted by Crippen LogP contribution is 2.31. The Morgan fingerprint density at radius 1 is 1.14 bits per heavy atom. The van der Waals surface area contributed by atoms with Crippen molar-refractivity contribution in [2.24, 2.45) is 5.92 Å². The van der Waals surface area contributed by atoms with Gasteiger partial charge in [0, 0.05) is 24.0 Å². The molecule has 3 aromatic rings. The lowest BCUT2D eigenvalue weighted by molar-refractivity contribution is -0.124. The van der Waals surface area contributed by atoms with E-state index in [1.807, 2.05) is 26.0 Å². The van der Waals surface area contributed by atoms with Crippen LogP contribution in [-0.2, 0) is 24.1 Å². The largest absolute Gasteiger partial charge is 0.490 e. The van der Waals surface area contributed by atoms with Crippen LogP contribution in [0, 0.1) is 12.8 Å². The van der Waals surface area contributed by atoms with E-state index in [0.717, 1.165) is 40.8 Å². The first-order valence-corrected chi connectivity index (χ1v) is 12.4. The van der Waals surface area contributed by atoms with Crippen LogP contribution >= 0.6 is 0 Å². The van der Waals surface area contributed by atoms with Gasteiger partial charge in [-0.05, 0) is 67.0 Å². The zero-order chi connectivity index (χ0) is 26.2. The topological polar surface area (TPSA) is 131 Å². The van der Waals surface area contributed by atoms with Gasteiger partial charge in [-0.2, -0.15) is 4.98 Å². The highest BCUT2D eigenvalue weighted by molar-refractivity contribution is 5.76. The molecule has 1 atom stereocenters. The minimum atomic E-state index is -0.905. The molecule has 1 unspecified atom stereocenters. The molecule has 0 spiro atoms. The predicted octanol–water partition coefficient (Wildman–Crippen LogP) is 3.28. The van der Waals surface area contributed by atoms with Gasteiger partial charge in [0.15, 0.2) is 0 Å². The Labute approximate surface area is 211 Å². The number of carbonyl (C=O) groups excluding carboxylic acids is 1. The molecule has 0 saturated carbocycles. The van der Waals surface area contributed by atoms with Crippen molar-refractivity contribution in [1.29, 1.82) is 0 Å². The van der Waals surface area contributed by atoms with Gasteiger partial charge < -0.3 is 24.8 Å². The fourth-order valence-corrected chi connectivity index (χ4v) is 4.02. The molecule has 0 saturated heterocycles. The van der Waals surface area contributed by atoms with Gasteiger partial charge in [-0.25, -0.2) is 0 Å². The van der Waals surface area contributed by atoms with Crippen molar-refractivity contribution in [1.82, 2.24) is 20.4 Å². The van der Waals surface area contributed by atoms with Crippen LogP contribution in [0.4, 0.5) is 0 Å². The lowest BCUT2D eigenvalue weighted by Crippen LogP contribution is -2.36. The molecule has 9 heteroatoms. The molecule has 0 radical (unpaired) electrons. The number of rotatable bonds is 12. The van der Waals surface area contributed by atoms with Crippen LogP contribution in [0.5, 0.6) is 5.75 Å². The number of aliphatic hydroxyl groups is 2. The van der Waals surface area contributed by atoms with Crippen molar-refractivity contribution in [3.63, 3.8) is 0 Å². The Kier molecular flexibility index (Phi) is 9.55. The van der Waals surface area contributed by atoms with E-state index in [4.69, 9.17) is 14.4 Å². The lowest BCUT2D eigenvalue weighted by Gasteiger charge is -2.17. The third-order valence-electron chi connectivity index (χ3n) is 5.79. The van der Waals surface area contributed by atoms with Crippen molar-refractivity contribution < 1.29 is 24.3 Å². The average molecular weight is 497 g/mol. The lowest BCUT2D eigenvalue weighted by atomic mass is 9.99. The molecule has 2 aromatic heterocycles. The summed E-state index contributed by atoms with van der Waals surface area (Å²) in [5, 5.41) is 25.5. The molecule has 0 fully saturated rings. The molecule has 0 aliphatic rings. The van der Waals surface area contributed by atoms with E-state index in [0.29, 0.717) is 29.8 Å². The minimum absolute atomic E-state index is 0.00338. The van der Waals surface area contributed by atoms with Crippen LogP contribution in [0.15, 0.2) is 28.9 Å². The SMILES string of the molecule is CCc1cc(-c2noc(-c3cnc(CC)c(CC(C)C)c3)n2)cc(C)c1OCC(O)CNC(=O)CO. The second-order valence-electron chi connectivity index (χ2n) is 9.27. The Bertz CT molecular complexity index is 1170. The number of hydrogen-bond donors (Lipinski definition) is 3. The number of nitrogens with one attached hydrogen (secondary N) is 1. The summed E-state index contributed by atoms with van der Waals surface area (Å²) in [5.74, 6) is 1.55. The number of benzene rings is 1. The van der Waals surface area contributed by atoms with Crippen molar-refractivity contribution in [3.8, 4) is 28.6 Å². The smallest absolute Gasteiger partial charge is 0.259 e. The maximum absolute atomic E-state index is 11.2. The number of aromatic nitrogens is 3. The van der Waals surface area contributed by atoms with Gasteiger partial charge in [-0.1, -0.05) is 32.9 Å². The number of nitrogens with zero attached hydrogens (tertiary/aromatic N) is 3. The predicted molar refractivity (Wildman–Crippen MR) is 137 cm³/mol. The number of amides is 1. The molecule has 9 nitrogen and oxygen atoms in total. The Morgan fingerprint density at radius 2 is 1.89 bits per heavy atom. The number of aliphatic hydroxyl groups excluding tert-OH is 2. The molecule has 36 heavy (non-hydrogen) atoms. The number of hydrogen-bond acceptors (Lipinski definition) is 8. The number of ether oxygens (including phenoxy) is 1. The maximum atomic E-state index is 11.2. The van der Waals surface area contributed by atoms with Gasteiger partial charge in [0.1, 0.15) is 25.1 Å². The van der Waals surface area contributed by atoms with Crippen LogP contribution < -0.4 is 10.1 Å². The highest BCUT2D eigenvalue weighted by Gasteiger charge is 2.17. The van der Waals surface area contributed by atoms with Crippen molar-refractivity contribution in [3.05, 3.63) is 46.8 Å². The molecule has 0 aliphatic heterocycles. The van der Waals surface area contributed by atoms with E-state index in [1.165, 1.54) is 5.56 Å². The summed E-state index contributed by atoms with van der Waals surface area (Å²) in [7, 11) is 0. The summed E-state index contributed by atoms with van der Waals surface area (Å²) >= 11 is 0. The summed E-state index contributed by atoms with van der Waals surface area (Å²) in [5.41, 5.74) is 5.71. The fourth-order valence-electron chi connectivity index (χ4n) is 4.02. The van der Waals surface area contributed by atoms with Crippen LogP contribution in [0.1, 0.15) is 50.1 Å². The van der Waals surface area contributed by atoms with Crippen LogP contribution in [-0.4, -0.2) is 57.1 Å². The Balaban J connectivity index is 1.79. The normalized spacial score (nSPS) is 12.1. The zero-order valence-corrected chi connectivity index (χ0v) is 21.7. The first kappa shape index (κ1) is 27.3. The second-order valence-corrected chi connectivity index (χ2v) is 9.27. The maximum Gasteiger partial charge on any atom is 0.259 e. The summed E-state index contributed by atoms with van der Waals surface area (Å²) < 4.78 is 11.5. The van der Waals surface area contributed by atoms with E-state index in [2.05, 4.69) is 47.3 Å². The Hall–Kier alpha value is -3.30. The standard InChI is InChI=1S/C27H36N4O5/c1-6-18-10-20(9-17(5)25(18)35-15-22(33)13-29-24(34)14-32)26-30-27(36-31-26)21-11-19(8-16(3)4)23(7-2)28-12-21/h9-12,16,22,32-33H,6-8,13-15H2,1-5H3,(H,29,34). The molecule has 1 amide bonds. The van der Waals surface area contributed by atoms with Crippen molar-refractivity contribution >= 4 is 5.91 Å². The van der Waals surface area contributed by atoms with Gasteiger partial charge in [0.25, 0.3) is 5.89 Å². The van der Waals surface area contributed by atoms with Gasteiger partial charge in [-0.3, -0.25) is 9.78 Å². The third kappa shape index (κ3) is 6.89. The average Bonchev–Trinajstić information content (AvgIpc) is 3.36. The van der Waals surface area contributed by atoms with Crippen molar-refractivity contribution in [2.75, 3.05) is 19.8 Å². The molecule has 3 N–H and O–H groups in total. The molecule has 0 bridgehead atoms. The van der Waals surface area contributed by atoms with E-state index in [1.54, 1.807) is 6.20 Å². The van der Waals surface area contributed by atoms with Crippen molar-refractivity contribution in [2.45, 2.75) is 60.0 Å². The third-order valence-corrected chi connectivity index (χ3v) is 5.79. The molecule has 3 rings (SSSR count). The van der Waals surface area contributed by atoms with E-state index < -0.39 is 18.6 Å². The van der Waals surface area contributed by atoms with Gasteiger partial charge in [-0.15, -0.1) is 0 Å². The minimum Gasteiger partial charge on any atom is -0.490 e. The zero-order valence-electron chi connectivity index (χ0n) is 21.7. The van der Waals surface area contributed by atoms with E-state index in [9.17, 15) is 9.90 Å². The summed E-state index contributed by atoms with van der Waals surface area (Å²) in [6.07, 6.45) is 3.39. The number of pyridine rings is 1. The van der Waals surface area contributed by atoms with Gasteiger partial charge >= 0.3 is 0 Å². The van der Waals surface area contributed by atoms with E-state index in [-0.39, 0.29) is 13.2 Å². The van der Waals surface area contributed by atoms with Gasteiger partial charge in [0.2, 0.25) is 11.7 Å². The number of aryl methyl sites for hydroxylation is 3. The van der Waals surface area contributed by atoms with Crippen LogP contribution in [0.25, 0.3) is 22.8 Å². The quantitative estimate of drug-likeness (QED) is 0.348. The molecular weight excluding hydrogens is 460 g/mol. The number of carbonyl (C=O) groups is 1. The molecule has 1 aromatic carbocycles. The van der Waals surface area contributed by atoms with Crippen LogP contribution in [0.2, 0.25) is 0 Å².